The van der Waals surface area contributed by atoms with Gasteiger partial charge in [-0.3, -0.25) is 24.6 Å². The fraction of sp³-hybridized carbons (Fsp3) is 0.450. The van der Waals surface area contributed by atoms with Crippen molar-refractivity contribution in [3.63, 3.8) is 0 Å². The molecule has 3 N–H and O–H groups in total. The normalized spacial score (nSPS) is 14.2. The zero-order valence-electron chi connectivity index (χ0n) is 18.1. The predicted molar refractivity (Wildman–Crippen MR) is 114 cm³/mol. The molecule has 1 aliphatic rings. The van der Waals surface area contributed by atoms with Crippen LogP contribution in [0.5, 0.6) is 0 Å². The summed E-state index contributed by atoms with van der Waals surface area (Å²) in [6, 6.07) is 4.73. The summed E-state index contributed by atoms with van der Waals surface area (Å²) in [6.45, 7) is 4.74. The standard InChI is InChI=1S/C20H25N7O5/c1-20(2,3)32-19(31)25-18(21)23-9-12-6-13(10-24-26-22)8-14(7-12)15(28)11-27-16(29)4-5-17(27)30/h6-8H,4-5,9-11H2,1-3H3,(H3,21,23,25,31). The van der Waals surface area contributed by atoms with Gasteiger partial charge in [-0.2, -0.15) is 0 Å². The average molecular weight is 443 g/mol. The molecule has 1 fully saturated rings. The Balaban J connectivity index is 2.18. The lowest BCUT2D eigenvalue weighted by Gasteiger charge is -2.19. The molecule has 1 saturated heterocycles. The first-order valence-corrected chi connectivity index (χ1v) is 9.78. The lowest BCUT2D eigenvalue weighted by atomic mass is 10.0. The van der Waals surface area contributed by atoms with Gasteiger partial charge in [-0.05, 0) is 49.6 Å². The van der Waals surface area contributed by atoms with Gasteiger partial charge in [-0.25, -0.2) is 9.79 Å². The van der Waals surface area contributed by atoms with Gasteiger partial charge in [0, 0.05) is 23.3 Å². The largest absolute Gasteiger partial charge is 0.444 e. The van der Waals surface area contributed by atoms with Gasteiger partial charge in [0.25, 0.3) is 0 Å². The number of imide groups is 1. The molecule has 32 heavy (non-hydrogen) atoms. The van der Waals surface area contributed by atoms with Gasteiger partial charge in [0.1, 0.15) is 5.60 Å². The number of carbonyl (C=O) groups is 4. The fourth-order valence-electron chi connectivity index (χ4n) is 2.88. The highest BCUT2D eigenvalue weighted by Gasteiger charge is 2.30. The van der Waals surface area contributed by atoms with E-state index in [1.54, 1.807) is 26.8 Å². The van der Waals surface area contributed by atoms with E-state index >= 15 is 0 Å². The van der Waals surface area contributed by atoms with Gasteiger partial charge in [0.2, 0.25) is 11.8 Å². The van der Waals surface area contributed by atoms with Crippen LogP contribution < -0.4 is 11.1 Å². The molecule has 12 heteroatoms. The van der Waals surface area contributed by atoms with Crippen molar-refractivity contribution < 1.29 is 23.9 Å². The molecule has 0 radical (unpaired) electrons. The third-order valence-corrected chi connectivity index (χ3v) is 4.21. The van der Waals surface area contributed by atoms with E-state index in [2.05, 4.69) is 20.3 Å². The number of nitrogens with one attached hydrogen (secondary N) is 1. The molecule has 2 rings (SSSR count). The number of carbonyl (C=O) groups excluding carboxylic acids is 4. The van der Waals surface area contributed by atoms with Crippen LogP contribution in [-0.2, 0) is 27.4 Å². The number of ether oxygens (including phenoxy) is 1. The first-order valence-electron chi connectivity index (χ1n) is 9.78. The van der Waals surface area contributed by atoms with Crippen LogP contribution >= 0.6 is 0 Å². The number of alkyl carbamates (subject to hydrolysis) is 1. The van der Waals surface area contributed by atoms with Gasteiger partial charge < -0.3 is 10.5 Å². The smallest absolute Gasteiger partial charge is 0.414 e. The van der Waals surface area contributed by atoms with E-state index in [-0.39, 0.29) is 55.8 Å². The highest BCUT2D eigenvalue weighted by Crippen LogP contribution is 2.17. The van der Waals surface area contributed by atoms with Crippen molar-refractivity contribution in [2.24, 2.45) is 15.8 Å². The summed E-state index contributed by atoms with van der Waals surface area (Å²) in [5.41, 5.74) is 14.9. The minimum Gasteiger partial charge on any atom is -0.444 e. The number of likely N-dealkylation sites (tertiary alicyclic amines) is 1. The minimum atomic E-state index is -0.758. The molecule has 1 aromatic rings. The predicted octanol–water partition coefficient (Wildman–Crippen LogP) is 2.17. The summed E-state index contributed by atoms with van der Waals surface area (Å²) in [5, 5.41) is 5.80. The molecule has 0 unspecified atom stereocenters. The second-order valence-corrected chi connectivity index (χ2v) is 8.05. The van der Waals surface area contributed by atoms with Crippen molar-refractivity contribution in [1.29, 1.82) is 0 Å². The van der Waals surface area contributed by atoms with Crippen molar-refractivity contribution in [2.45, 2.75) is 52.3 Å². The average Bonchev–Trinajstić information content (AvgIpc) is 3.01. The van der Waals surface area contributed by atoms with Crippen LogP contribution in [0, 0.1) is 0 Å². The lowest BCUT2D eigenvalue weighted by Crippen LogP contribution is -2.40. The van der Waals surface area contributed by atoms with Gasteiger partial charge >= 0.3 is 6.09 Å². The Morgan fingerprint density at radius 2 is 1.75 bits per heavy atom. The number of ketones is 1. The molecule has 1 aliphatic heterocycles. The van der Waals surface area contributed by atoms with Crippen LogP contribution in [0.2, 0.25) is 0 Å². The maximum atomic E-state index is 12.7. The Kier molecular flexibility index (Phi) is 7.92. The Morgan fingerprint density at radius 1 is 1.16 bits per heavy atom. The van der Waals surface area contributed by atoms with Crippen LogP contribution in [0.4, 0.5) is 4.79 Å². The third-order valence-electron chi connectivity index (χ3n) is 4.21. The van der Waals surface area contributed by atoms with Crippen molar-refractivity contribution in [1.82, 2.24) is 10.2 Å². The molecule has 0 spiro atoms. The SMILES string of the molecule is CC(C)(C)OC(=O)NC(N)=NCc1cc(CN=[N+]=[N-])cc(C(=O)CN2C(=O)CCC2=O)c1. The van der Waals surface area contributed by atoms with E-state index in [0.29, 0.717) is 11.1 Å². The highest BCUT2D eigenvalue weighted by molar-refractivity contribution is 6.08. The monoisotopic (exact) mass is 443 g/mol. The first kappa shape index (κ1) is 24.4. The van der Waals surface area contributed by atoms with E-state index in [1.165, 1.54) is 12.1 Å². The summed E-state index contributed by atoms with van der Waals surface area (Å²) in [4.78, 5) is 55.8. The van der Waals surface area contributed by atoms with Gasteiger partial charge in [-0.15, -0.1) is 0 Å². The number of benzene rings is 1. The maximum Gasteiger partial charge on any atom is 0.414 e. The minimum absolute atomic E-state index is 0.00753. The number of nitrogens with two attached hydrogens (primary N) is 1. The van der Waals surface area contributed by atoms with Crippen molar-refractivity contribution >= 4 is 29.7 Å². The molecule has 12 nitrogen and oxygen atoms in total. The summed E-state index contributed by atoms with van der Waals surface area (Å²) in [7, 11) is 0. The number of hydrogen-bond acceptors (Lipinski definition) is 7. The number of Topliss-reactive ketones (excluding diaryl/α,β-unsaturated/α-hetero) is 1. The first-order chi connectivity index (χ1) is 15.0. The molecule has 3 amide bonds. The molecule has 1 heterocycles. The molecule has 170 valence electrons. The van der Waals surface area contributed by atoms with Crippen LogP contribution in [0.15, 0.2) is 28.3 Å². The van der Waals surface area contributed by atoms with E-state index < -0.39 is 17.5 Å². The summed E-state index contributed by atoms with van der Waals surface area (Å²) >= 11 is 0. The summed E-state index contributed by atoms with van der Waals surface area (Å²) < 4.78 is 5.09. The Hall–Kier alpha value is -3.92. The molecule has 0 bridgehead atoms. The quantitative estimate of drug-likeness (QED) is 0.124. The third kappa shape index (κ3) is 7.40. The number of amides is 3. The van der Waals surface area contributed by atoms with E-state index in [1.807, 2.05) is 0 Å². The van der Waals surface area contributed by atoms with Crippen LogP contribution in [0.25, 0.3) is 10.4 Å². The number of guanidine groups is 1. The number of rotatable bonds is 7. The molecule has 0 saturated carbocycles. The Morgan fingerprint density at radius 3 is 2.31 bits per heavy atom. The second-order valence-electron chi connectivity index (χ2n) is 8.05. The fourth-order valence-corrected chi connectivity index (χ4v) is 2.88. The molecule has 0 atom stereocenters. The molecular weight excluding hydrogens is 418 g/mol. The summed E-state index contributed by atoms with van der Waals surface area (Å²) in [5.74, 6) is -1.40. The molecular formula is C20H25N7O5. The number of azide groups is 1. The van der Waals surface area contributed by atoms with Gasteiger partial charge in [0.05, 0.1) is 19.6 Å². The zero-order chi connectivity index (χ0) is 23.9. The molecule has 0 aliphatic carbocycles. The Labute approximate surface area is 184 Å². The number of hydrogen-bond donors (Lipinski definition) is 2. The highest BCUT2D eigenvalue weighted by atomic mass is 16.6. The Bertz CT molecular complexity index is 990. The maximum absolute atomic E-state index is 12.7. The van der Waals surface area contributed by atoms with Crippen LogP contribution in [0.1, 0.15) is 55.1 Å². The topological polar surface area (TPSA) is 180 Å². The van der Waals surface area contributed by atoms with Gasteiger partial charge in [-0.1, -0.05) is 11.2 Å². The lowest BCUT2D eigenvalue weighted by molar-refractivity contribution is -0.137. The van der Waals surface area contributed by atoms with Crippen LogP contribution in [-0.4, -0.2) is 46.7 Å². The number of aliphatic imine (C=N–C) groups is 1. The summed E-state index contributed by atoms with van der Waals surface area (Å²) in [6.07, 6.45) is -0.577. The second kappa shape index (κ2) is 10.4. The van der Waals surface area contributed by atoms with Gasteiger partial charge in [0.15, 0.2) is 11.7 Å². The van der Waals surface area contributed by atoms with Crippen LogP contribution in [0.3, 0.4) is 0 Å². The molecule has 0 aromatic heterocycles. The van der Waals surface area contributed by atoms with E-state index in [9.17, 15) is 19.2 Å². The zero-order valence-corrected chi connectivity index (χ0v) is 18.1. The van der Waals surface area contributed by atoms with E-state index in [0.717, 1.165) is 4.90 Å². The van der Waals surface area contributed by atoms with E-state index in [4.69, 9.17) is 16.0 Å². The molecule has 1 aromatic carbocycles. The van der Waals surface area contributed by atoms with Crippen molar-refractivity contribution in [2.75, 3.05) is 6.54 Å². The van der Waals surface area contributed by atoms with Crippen molar-refractivity contribution in [3.8, 4) is 0 Å². The number of nitrogens with zero attached hydrogens (tertiary/aromatic N) is 5. The van der Waals surface area contributed by atoms with Crippen molar-refractivity contribution in [3.05, 3.63) is 45.3 Å².